The minimum absolute atomic E-state index is 0.0605. The predicted octanol–water partition coefficient (Wildman–Crippen LogP) is 2.87. The highest BCUT2D eigenvalue weighted by molar-refractivity contribution is 5.93. The van der Waals surface area contributed by atoms with Gasteiger partial charge in [-0.15, -0.1) is 0 Å². The van der Waals surface area contributed by atoms with Gasteiger partial charge in [0.25, 0.3) is 0 Å². The highest BCUT2D eigenvalue weighted by Crippen LogP contribution is 2.10. The van der Waals surface area contributed by atoms with Gasteiger partial charge < -0.3 is 10.2 Å². The summed E-state index contributed by atoms with van der Waals surface area (Å²) in [7, 11) is 0. The van der Waals surface area contributed by atoms with E-state index in [-0.39, 0.29) is 18.4 Å². The summed E-state index contributed by atoms with van der Waals surface area (Å²) in [6.07, 6.45) is 6.99. The molecule has 1 fully saturated rings. The Labute approximate surface area is 192 Å². The molecule has 0 bridgehead atoms. The molecule has 0 unspecified atom stereocenters. The lowest BCUT2D eigenvalue weighted by molar-refractivity contribution is -0.127. The number of hydrogen-bond donors (Lipinski definition) is 1. The van der Waals surface area contributed by atoms with Gasteiger partial charge in [-0.1, -0.05) is 36.4 Å². The molecule has 0 radical (unpaired) electrons. The Morgan fingerprint density at radius 2 is 1.82 bits per heavy atom. The zero-order valence-corrected chi connectivity index (χ0v) is 18.2. The first kappa shape index (κ1) is 22.4. The molecular formula is C25H26FN5O2. The van der Waals surface area contributed by atoms with Crippen LogP contribution in [0.25, 0.3) is 6.08 Å². The van der Waals surface area contributed by atoms with E-state index in [1.165, 1.54) is 12.1 Å². The van der Waals surface area contributed by atoms with Crippen LogP contribution in [0.4, 0.5) is 10.1 Å². The standard InChI is InChI=1S/C25H26FN5O2/c26-22-7-4-8-23(15-22)28-24(32)19-29-11-13-30(14-12-29)25(33)10-9-21-16-27-31(18-21)17-20-5-2-1-3-6-20/h1-10,15-16,18H,11-14,17,19H2,(H,28,32). The summed E-state index contributed by atoms with van der Waals surface area (Å²) in [6.45, 7) is 3.18. The monoisotopic (exact) mass is 447 g/mol. The van der Waals surface area contributed by atoms with Gasteiger partial charge in [0.1, 0.15) is 5.82 Å². The van der Waals surface area contributed by atoms with Crippen molar-refractivity contribution in [3.63, 3.8) is 0 Å². The maximum Gasteiger partial charge on any atom is 0.246 e. The van der Waals surface area contributed by atoms with E-state index in [9.17, 15) is 14.0 Å². The number of nitrogens with one attached hydrogen (secondary N) is 1. The molecule has 0 spiro atoms. The van der Waals surface area contributed by atoms with E-state index < -0.39 is 5.82 Å². The first-order valence-electron chi connectivity index (χ1n) is 10.9. The van der Waals surface area contributed by atoms with Crippen molar-refractivity contribution in [2.45, 2.75) is 6.54 Å². The van der Waals surface area contributed by atoms with Gasteiger partial charge in [-0.05, 0) is 29.8 Å². The van der Waals surface area contributed by atoms with Crippen LogP contribution in [0.2, 0.25) is 0 Å². The van der Waals surface area contributed by atoms with Gasteiger partial charge in [-0.3, -0.25) is 19.2 Å². The number of carbonyl (C=O) groups excluding carboxylic acids is 2. The van der Waals surface area contributed by atoms with E-state index in [1.54, 1.807) is 35.4 Å². The number of hydrogen-bond acceptors (Lipinski definition) is 4. The molecule has 0 saturated carbocycles. The van der Waals surface area contributed by atoms with Crippen molar-refractivity contribution in [2.24, 2.45) is 0 Å². The van der Waals surface area contributed by atoms with Crippen molar-refractivity contribution in [1.29, 1.82) is 0 Å². The average molecular weight is 448 g/mol. The molecule has 1 saturated heterocycles. The van der Waals surface area contributed by atoms with Gasteiger partial charge in [0.15, 0.2) is 0 Å². The smallest absolute Gasteiger partial charge is 0.246 e. The van der Waals surface area contributed by atoms with Gasteiger partial charge in [0.05, 0.1) is 19.3 Å². The van der Waals surface area contributed by atoms with Crippen molar-refractivity contribution in [3.05, 3.63) is 90.0 Å². The van der Waals surface area contributed by atoms with Gasteiger partial charge in [-0.25, -0.2) is 4.39 Å². The van der Waals surface area contributed by atoms with E-state index in [1.807, 2.05) is 46.1 Å². The van der Waals surface area contributed by atoms with Crippen LogP contribution in [0.1, 0.15) is 11.1 Å². The Hall–Kier alpha value is -3.78. The summed E-state index contributed by atoms with van der Waals surface area (Å²) in [4.78, 5) is 28.5. The molecule has 1 N–H and O–H groups in total. The lowest BCUT2D eigenvalue weighted by atomic mass is 10.2. The number of piperazine rings is 1. The number of halogens is 1. The maximum absolute atomic E-state index is 13.2. The third-order valence-corrected chi connectivity index (χ3v) is 5.42. The van der Waals surface area contributed by atoms with E-state index in [0.29, 0.717) is 38.4 Å². The van der Waals surface area contributed by atoms with Crippen LogP contribution in [0.5, 0.6) is 0 Å². The summed E-state index contributed by atoms with van der Waals surface area (Å²) in [5.41, 5.74) is 2.47. The molecule has 33 heavy (non-hydrogen) atoms. The Bertz CT molecular complexity index is 1120. The fourth-order valence-corrected chi connectivity index (χ4v) is 3.69. The quantitative estimate of drug-likeness (QED) is 0.566. The molecule has 1 aromatic heterocycles. The molecule has 2 heterocycles. The molecule has 1 aliphatic heterocycles. The Morgan fingerprint density at radius 1 is 1.03 bits per heavy atom. The normalized spacial score (nSPS) is 14.5. The highest BCUT2D eigenvalue weighted by Gasteiger charge is 2.21. The lowest BCUT2D eigenvalue weighted by Gasteiger charge is -2.33. The summed E-state index contributed by atoms with van der Waals surface area (Å²) in [6, 6.07) is 15.9. The summed E-state index contributed by atoms with van der Waals surface area (Å²) in [5, 5.41) is 7.05. The Morgan fingerprint density at radius 3 is 2.58 bits per heavy atom. The van der Waals surface area contributed by atoms with E-state index >= 15 is 0 Å². The zero-order valence-electron chi connectivity index (χ0n) is 18.2. The van der Waals surface area contributed by atoms with Crippen LogP contribution >= 0.6 is 0 Å². The minimum atomic E-state index is -0.392. The number of carbonyl (C=O) groups is 2. The largest absolute Gasteiger partial charge is 0.337 e. The van der Waals surface area contributed by atoms with Gasteiger partial charge in [0, 0.05) is 49.7 Å². The molecule has 3 aromatic rings. The Kier molecular flexibility index (Phi) is 7.26. The first-order valence-corrected chi connectivity index (χ1v) is 10.9. The summed E-state index contributed by atoms with van der Waals surface area (Å²) in [5.74, 6) is -0.654. The molecule has 2 aromatic carbocycles. The van der Waals surface area contributed by atoms with Crippen LogP contribution < -0.4 is 5.32 Å². The molecule has 0 aliphatic carbocycles. The van der Waals surface area contributed by atoms with E-state index in [0.717, 1.165) is 11.1 Å². The van der Waals surface area contributed by atoms with Crippen molar-refractivity contribution < 1.29 is 14.0 Å². The average Bonchev–Trinajstić information content (AvgIpc) is 3.26. The molecule has 2 amide bonds. The van der Waals surface area contributed by atoms with Crippen LogP contribution in [0.3, 0.4) is 0 Å². The zero-order chi connectivity index (χ0) is 23.0. The minimum Gasteiger partial charge on any atom is -0.337 e. The predicted molar refractivity (Wildman–Crippen MR) is 125 cm³/mol. The lowest BCUT2D eigenvalue weighted by Crippen LogP contribution is -2.50. The van der Waals surface area contributed by atoms with E-state index in [4.69, 9.17) is 0 Å². The fourth-order valence-electron chi connectivity index (χ4n) is 3.69. The van der Waals surface area contributed by atoms with Crippen molar-refractivity contribution in [2.75, 3.05) is 38.0 Å². The number of nitrogens with zero attached hydrogens (tertiary/aromatic N) is 4. The molecular weight excluding hydrogens is 421 g/mol. The van der Waals surface area contributed by atoms with E-state index in [2.05, 4.69) is 10.4 Å². The van der Waals surface area contributed by atoms with Gasteiger partial charge >= 0.3 is 0 Å². The summed E-state index contributed by atoms with van der Waals surface area (Å²) >= 11 is 0. The fraction of sp³-hybridized carbons (Fsp3) is 0.240. The number of amides is 2. The molecule has 4 rings (SSSR count). The molecule has 8 heteroatoms. The SMILES string of the molecule is O=C(CN1CCN(C(=O)C=Cc2cnn(Cc3ccccc3)c2)CC1)Nc1cccc(F)c1. The Balaban J connectivity index is 1.21. The second kappa shape index (κ2) is 10.7. The van der Waals surface area contributed by atoms with Gasteiger partial charge in [-0.2, -0.15) is 5.10 Å². The molecule has 0 atom stereocenters. The molecule has 170 valence electrons. The number of aromatic nitrogens is 2. The molecule has 7 nitrogen and oxygen atoms in total. The second-order valence-corrected chi connectivity index (χ2v) is 7.95. The van der Waals surface area contributed by atoms with Crippen molar-refractivity contribution in [3.8, 4) is 0 Å². The number of rotatable bonds is 7. The third-order valence-electron chi connectivity index (χ3n) is 5.42. The maximum atomic E-state index is 13.2. The van der Waals surface area contributed by atoms with Crippen molar-refractivity contribution >= 4 is 23.6 Å². The molecule has 1 aliphatic rings. The third kappa shape index (κ3) is 6.60. The second-order valence-electron chi connectivity index (χ2n) is 7.95. The highest BCUT2D eigenvalue weighted by atomic mass is 19.1. The topological polar surface area (TPSA) is 70.5 Å². The van der Waals surface area contributed by atoms with Crippen LogP contribution in [-0.4, -0.2) is 64.1 Å². The van der Waals surface area contributed by atoms with Crippen LogP contribution in [0.15, 0.2) is 73.1 Å². The number of anilines is 1. The van der Waals surface area contributed by atoms with Crippen LogP contribution in [-0.2, 0) is 16.1 Å². The number of benzene rings is 2. The van der Waals surface area contributed by atoms with Gasteiger partial charge in [0.2, 0.25) is 11.8 Å². The summed E-state index contributed by atoms with van der Waals surface area (Å²) < 4.78 is 15.1. The van der Waals surface area contributed by atoms with Crippen LogP contribution in [0, 0.1) is 5.82 Å². The van der Waals surface area contributed by atoms with Crippen molar-refractivity contribution in [1.82, 2.24) is 19.6 Å². The first-order chi connectivity index (χ1) is 16.0.